The molecular formula is C31H37ClN4. The first-order chi connectivity index (χ1) is 17.7. The van der Waals surface area contributed by atoms with Crippen LogP contribution in [0, 0.1) is 0 Å². The minimum absolute atomic E-state index is 0.0404. The largest absolute Gasteiger partial charge is 0.328 e. The maximum absolute atomic E-state index is 6.98. The normalized spacial score (nSPS) is 16.1. The number of halogens is 1. The fourth-order valence-corrected chi connectivity index (χ4v) is 5.89. The number of nitrogens with zero attached hydrogens (tertiary/aromatic N) is 4. The lowest BCUT2D eigenvalue weighted by Crippen LogP contribution is -2.48. The highest BCUT2D eigenvalue weighted by atomic mass is 35.5. The topological polar surface area (TPSA) is 24.3 Å². The van der Waals surface area contributed by atoms with E-state index >= 15 is 0 Å². The Morgan fingerprint density at radius 2 is 1.44 bits per heavy atom. The van der Waals surface area contributed by atoms with Crippen LogP contribution < -0.4 is 0 Å². The minimum Gasteiger partial charge on any atom is -0.328 e. The van der Waals surface area contributed by atoms with Crippen LogP contribution in [0.15, 0.2) is 78.9 Å². The van der Waals surface area contributed by atoms with Gasteiger partial charge in [0.2, 0.25) is 0 Å². The van der Waals surface area contributed by atoms with E-state index in [1.165, 1.54) is 22.2 Å². The number of benzene rings is 3. The fraction of sp³-hybridized carbons (Fsp3) is 0.387. The van der Waals surface area contributed by atoms with Crippen molar-refractivity contribution in [2.45, 2.75) is 44.7 Å². The molecule has 1 atom stereocenters. The maximum Gasteiger partial charge on any atom is 0.109 e. The van der Waals surface area contributed by atoms with Crippen LogP contribution in [-0.4, -0.2) is 52.1 Å². The summed E-state index contributed by atoms with van der Waals surface area (Å²) in [5.74, 6) is 1.16. The van der Waals surface area contributed by atoms with Gasteiger partial charge in [0.05, 0.1) is 22.5 Å². The van der Waals surface area contributed by atoms with Crippen molar-refractivity contribution in [1.82, 2.24) is 19.4 Å². The molecule has 0 amide bonds. The number of alkyl halides is 1. The van der Waals surface area contributed by atoms with Crippen molar-refractivity contribution in [2.24, 2.45) is 0 Å². The van der Waals surface area contributed by atoms with Gasteiger partial charge in [0.25, 0.3) is 0 Å². The number of piperazine rings is 1. The zero-order valence-corrected chi connectivity index (χ0v) is 22.2. The monoisotopic (exact) mass is 500 g/mol. The Kier molecular flexibility index (Phi) is 8.05. The highest BCUT2D eigenvalue weighted by molar-refractivity contribution is 6.21. The summed E-state index contributed by atoms with van der Waals surface area (Å²) >= 11 is 6.98. The van der Waals surface area contributed by atoms with Gasteiger partial charge >= 0.3 is 0 Å². The van der Waals surface area contributed by atoms with Crippen LogP contribution in [0.5, 0.6) is 0 Å². The number of aromatic nitrogens is 2. The average Bonchev–Trinajstić information content (AvgIpc) is 3.28. The molecule has 1 saturated heterocycles. The summed E-state index contributed by atoms with van der Waals surface area (Å²) in [6.45, 7) is 10.4. The standard InChI is InChI=1S/C31H37ClN4/c1-3-17-36-29-16-15-26(22-28(29)33-30(36)4-2)27(32)23-34-18-20-35(21-19-34)31(24-11-7-5-8-12-24)25-13-9-6-10-14-25/h5-16,22,27,31H,3-4,17-21,23H2,1-2H3. The average molecular weight is 501 g/mol. The third kappa shape index (κ3) is 5.36. The van der Waals surface area contributed by atoms with Crippen LogP contribution in [0.4, 0.5) is 0 Å². The van der Waals surface area contributed by atoms with E-state index in [1.807, 2.05) is 0 Å². The molecule has 0 spiro atoms. The van der Waals surface area contributed by atoms with Gasteiger partial charge in [-0.1, -0.05) is 80.6 Å². The van der Waals surface area contributed by atoms with E-state index in [0.717, 1.165) is 63.5 Å². The molecular weight excluding hydrogens is 464 g/mol. The van der Waals surface area contributed by atoms with Crippen molar-refractivity contribution in [3.8, 4) is 0 Å². The summed E-state index contributed by atoms with van der Waals surface area (Å²) in [7, 11) is 0. The molecule has 1 unspecified atom stereocenters. The molecule has 0 radical (unpaired) electrons. The highest BCUT2D eigenvalue weighted by Crippen LogP contribution is 2.31. The summed E-state index contributed by atoms with van der Waals surface area (Å²) in [6, 6.07) is 28.7. The van der Waals surface area contributed by atoms with Crippen molar-refractivity contribution < 1.29 is 0 Å². The van der Waals surface area contributed by atoms with Gasteiger partial charge in [-0.05, 0) is 35.2 Å². The van der Waals surface area contributed by atoms with Crippen LogP contribution in [-0.2, 0) is 13.0 Å². The second-order valence-corrected chi connectivity index (χ2v) is 10.3. The highest BCUT2D eigenvalue weighted by Gasteiger charge is 2.27. The summed E-state index contributed by atoms with van der Waals surface area (Å²) in [6.07, 6.45) is 2.06. The van der Waals surface area contributed by atoms with E-state index < -0.39 is 0 Å². The summed E-state index contributed by atoms with van der Waals surface area (Å²) in [5.41, 5.74) is 6.18. The molecule has 0 bridgehead atoms. The SMILES string of the molecule is CCCn1c(CC)nc2cc(C(Cl)CN3CCN(C(c4ccccc4)c4ccccc4)CC3)ccc21. The third-order valence-electron chi connectivity index (χ3n) is 7.40. The van der Waals surface area contributed by atoms with Gasteiger partial charge in [0.15, 0.2) is 0 Å². The van der Waals surface area contributed by atoms with Gasteiger partial charge < -0.3 is 4.57 Å². The van der Waals surface area contributed by atoms with Gasteiger partial charge in [-0.2, -0.15) is 0 Å². The second kappa shape index (κ2) is 11.6. The van der Waals surface area contributed by atoms with E-state index in [1.54, 1.807) is 0 Å². The van der Waals surface area contributed by atoms with E-state index in [4.69, 9.17) is 16.6 Å². The number of aryl methyl sites for hydroxylation is 2. The molecule has 3 aromatic carbocycles. The van der Waals surface area contributed by atoms with Crippen molar-refractivity contribution in [1.29, 1.82) is 0 Å². The zero-order valence-electron chi connectivity index (χ0n) is 21.5. The third-order valence-corrected chi connectivity index (χ3v) is 7.79. The Hall–Kier alpha value is -2.66. The van der Waals surface area contributed by atoms with Crippen molar-refractivity contribution in [3.63, 3.8) is 0 Å². The molecule has 5 rings (SSSR count). The van der Waals surface area contributed by atoms with E-state index in [9.17, 15) is 0 Å². The molecule has 1 fully saturated rings. The molecule has 1 aliphatic rings. The molecule has 1 aromatic heterocycles. The molecule has 5 heteroatoms. The van der Waals surface area contributed by atoms with E-state index in [-0.39, 0.29) is 11.4 Å². The molecule has 1 aliphatic heterocycles. The Balaban J connectivity index is 1.26. The number of hydrogen-bond donors (Lipinski definition) is 0. The van der Waals surface area contributed by atoms with Gasteiger partial charge in [0.1, 0.15) is 5.82 Å². The van der Waals surface area contributed by atoms with Crippen LogP contribution >= 0.6 is 11.6 Å². The van der Waals surface area contributed by atoms with Crippen molar-refractivity contribution >= 4 is 22.6 Å². The summed E-state index contributed by atoms with van der Waals surface area (Å²) in [5, 5.41) is -0.0404. The summed E-state index contributed by atoms with van der Waals surface area (Å²) < 4.78 is 2.36. The first-order valence-electron chi connectivity index (χ1n) is 13.4. The number of hydrogen-bond acceptors (Lipinski definition) is 3. The first kappa shape index (κ1) is 25.0. The molecule has 36 heavy (non-hydrogen) atoms. The minimum atomic E-state index is -0.0404. The van der Waals surface area contributed by atoms with E-state index in [0.29, 0.717) is 0 Å². The molecule has 188 valence electrons. The predicted molar refractivity (Wildman–Crippen MR) is 151 cm³/mol. The fourth-order valence-electron chi connectivity index (χ4n) is 5.56. The van der Waals surface area contributed by atoms with Gasteiger partial charge in [-0.15, -0.1) is 11.6 Å². The molecule has 4 nitrogen and oxygen atoms in total. The Morgan fingerprint density at radius 3 is 2.03 bits per heavy atom. The van der Waals surface area contributed by atoms with Crippen LogP contribution in [0.2, 0.25) is 0 Å². The number of imidazole rings is 1. The quantitative estimate of drug-likeness (QED) is 0.239. The Bertz CT molecular complexity index is 1210. The molecule has 4 aromatic rings. The summed E-state index contributed by atoms with van der Waals surface area (Å²) in [4.78, 5) is 10.0. The lowest BCUT2D eigenvalue weighted by atomic mass is 9.96. The van der Waals surface area contributed by atoms with Gasteiger partial charge in [0, 0.05) is 45.7 Å². The van der Waals surface area contributed by atoms with Crippen LogP contribution in [0.3, 0.4) is 0 Å². The number of rotatable bonds is 9. The lowest BCUT2D eigenvalue weighted by molar-refractivity contribution is 0.109. The van der Waals surface area contributed by atoms with Crippen molar-refractivity contribution in [3.05, 3.63) is 101 Å². The smallest absolute Gasteiger partial charge is 0.109 e. The lowest BCUT2D eigenvalue weighted by Gasteiger charge is -2.40. The first-order valence-corrected chi connectivity index (χ1v) is 13.8. The molecule has 2 heterocycles. The Labute approximate surface area is 220 Å². The van der Waals surface area contributed by atoms with Gasteiger partial charge in [-0.3, -0.25) is 9.80 Å². The zero-order chi connectivity index (χ0) is 24.9. The Morgan fingerprint density at radius 1 is 0.806 bits per heavy atom. The molecule has 0 N–H and O–H groups in total. The molecule has 0 aliphatic carbocycles. The van der Waals surface area contributed by atoms with Gasteiger partial charge in [-0.25, -0.2) is 4.98 Å². The van der Waals surface area contributed by atoms with Crippen LogP contribution in [0.25, 0.3) is 11.0 Å². The second-order valence-electron chi connectivity index (χ2n) is 9.81. The van der Waals surface area contributed by atoms with E-state index in [2.05, 4.69) is 107 Å². The van der Waals surface area contributed by atoms with Crippen molar-refractivity contribution in [2.75, 3.05) is 32.7 Å². The van der Waals surface area contributed by atoms with Crippen LogP contribution in [0.1, 0.15) is 54.2 Å². The predicted octanol–water partition coefficient (Wildman–Crippen LogP) is 6.70. The number of fused-ring (bicyclic) bond motifs is 1. The maximum atomic E-state index is 6.98. The molecule has 0 saturated carbocycles.